The standard InChI is InChI=1S/C13H9S.C11H9N.C6H7N.Ir/c1-9-5-4-7-11-10-6-2-3-8-12(10)14-13(9)11;1-2-3-9-11(12)10-7-5-4-6-8-10;1-6-3-2-4-7-5-6;/h2,4-8H,1H3;2-7,9H,1H2;2-5H,1H3;/q-1;-2;;+3/b;9-3-;;/i;;1D3,2D,3D;. The number of thiophene rings is 1. The minimum atomic E-state index is -2.35. The first-order chi connectivity index (χ1) is 18.1. The molecule has 0 unspecified atom stereocenters. The van der Waals surface area contributed by atoms with Gasteiger partial charge in [-0.2, -0.15) is 29.8 Å². The molecule has 0 aliphatic carbocycles. The van der Waals surface area contributed by atoms with Crippen LogP contribution < -0.4 is 0 Å². The summed E-state index contributed by atoms with van der Waals surface area (Å²) >= 11 is 1.86. The van der Waals surface area contributed by atoms with Gasteiger partial charge in [0.25, 0.3) is 0 Å². The van der Waals surface area contributed by atoms with Crippen LogP contribution in [0.15, 0.2) is 110 Å². The molecular weight excluding hydrogens is 613 g/mol. The predicted octanol–water partition coefficient (Wildman–Crippen LogP) is 8.14. The van der Waals surface area contributed by atoms with Crippen molar-refractivity contribution in [2.45, 2.75) is 13.8 Å². The number of rotatable bonds is 3. The molecule has 34 heavy (non-hydrogen) atoms. The van der Waals surface area contributed by atoms with Crippen molar-refractivity contribution in [1.29, 1.82) is 0 Å². The summed E-state index contributed by atoms with van der Waals surface area (Å²) in [5.74, 6) is 0. The van der Waals surface area contributed by atoms with Gasteiger partial charge in [0.05, 0.1) is 2.74 Å². The van der Waals surface area contributed by atoms with Gasteiger partial charge in [0.2, 0.25) is 0 Å². The van der Waals surface area contributed by atoms with Gasteiger partial charge in [0, 0.05) is 21.2 Å². The summed E-state index contributed by atoms with van der Waals surface area (Å²) < 4.78 is 38.1. The second kappa shape index (κ2) is 14.2. The zero-order valence-corrected chi connectivity index (χ0v) is 21.7. The smallest absolute Gasteiger partial charge is 0.855 e. The van der Waals surface area contributed by atoms with E-state index in [9.17, 15) is 5.41 Å². The monoisotopic (exact) mass is 643 g/mol. The van der Waals surface area contributed by atoms with E-state index in [1.54, 1.807) is 30.4 Å². The molecule has 0 spiro atoms. The molecule has 2 aromatic heterocycles. The van der Waals surface area contributed by atoms with Crippen molar-refractivity contribution in [2.24, 2.45) is 0 Å². The topological polar surface area (TPSA) is 35.2 Å². The minimum Gasteiger partial charge on any atom is -0.855 e. The predicted molar refractivity (Wildman–Crippen MR) is 144 cm³/mol. The average Bonchev–Trinajstić information content (AvgIpc) is 3.30. The summed E-state index contributed by atoms with van der Waals surface area (Å²) in [5, 5.41) is 12.1. The van der Waals surface area contributed by atoms with Gasteiger partial charge in [-0.25, -0.2) is 17.0 Å². The second-order valence-corrected chi connectivity index (χ2v) is 7.87. The molecule has 2 heterocycles. The van der Waals surface area contributed by atoms with E-state index < -0.39 is 6.85 Å². The largest absolute Gasteiger partial charge is 3.00 e. The van der Waals surface area contributed by atoms with Crippen molar-refractivity contribution >= 4 is 37.2 Å². The molecule has 2 nitrogen and oxygen atoms in total. The molecule has 5 rings (SSSR count). The van der Waals surface area contributed by atoms with Crippen molar-refractivity contribution < 1.29 is 27.0 Å². The van der Waals surface area contributed by atoms with Gasteiger partial charge < -0.3 is 5.41 Å². The summed E-state index contributed by atoms with van der Waals surface area (Å²) in [4.78, 5) is 3.54. The molecule has 0 bridgehead atoms. The summed E-state index contributed by atoms with van der Waals surface area (Å²) in [6.45, 7) is 3.33. The van der Waals surface area contributed by atoms with Crippen LogP contribution in [0.4, 0.5) is 0 Å². The molecule has 0 aliphatic heterocycles. The first kappa shape index (κ1) is 20.2. The third kappa shape index (κ3) is 7.71. The Hall–Kier alpha value is -3.17. The van der Waals surface area contributed by atoms with Gasteiger partial charge >= 0.3 is 20.1 Å². The Morgan fingerprint density at radius 2 is 2.06 bits per heavy atom. The van der Waals surface area contributed by atoms with Crippen molar-refractivity contribution in [2.75, 3.05) is 0 Å². The minimum absolute atomic E-state index is 0. The van der Waals surface area contributed by atoms with Gasteiger partial charge in [0.15, 0.2) is 0 Å². The molecule has 0 atom stereocenters. The number of aromatic nitrogens is 1. The normalized spacial score (nSPS) is 12.4. The zero-order chi connectivity index (χ0) is 27.7. The number of pyridine rings is 1. The maximum absolute atomic E-state index is 9.40. The number of aryl methyl sites for hydroxylation is 2. The molecule has 0 saturated carbocycles. The van der Waals surface area contributed by atoms with Crippen LogP contribution in [-0.4, -0.2) is 10.7 Å². The Morgan fingerprint density at radius 3 is 2.79 bits per heavy atom. The fourth-order valence-corrected chi connectivity index (χ4v) is 4.08. The zero-order valence-electron chi connectivity index (χ0n) is 23.5. The van der Waals surface area contributed by atoms with Gasteiger partial charge in [0.1, 0.15) is 0 Å². The number of nitrogens with zero attached hydrogens (tertiary/aromatic N) is 2. The van der Waals surface area contributed by atoms with Crippen LogP contribution in [0.3, 0.4) is 0 Å². The summed E-state index contributed by atoms with van der Waals surface area (Å²) in [6.07, 6.45) is 7.12. The first-order valence-corrected chi connectivity index (χ1v) is 11.0. The second-order valence-electron chi connectivity index (χ2n) is 6.82. The van der Waals surface area contributed by atoms with Crippen LogP contribution in [0, 0.1) is 25.9 Å². The molecule has 3 aromatic carbocycles. The number of hydrogen-bond acceptors (Lipinski definition) is 2. The van der Waals surface area contributed by atoms with Gasteiger partial charge in [-0.05, 0) is 36.3 Å². The van der Waals surface area contributed by atoms with Crippen molar-refractivity contribution in [3.05, 3.63) is 144 Å². The first-order valence-electron chi connectivity index (χ1n) is 12.6. The summed E-state index contributed by atoms with van der Waals surface area (Å²) in [5.41, 5.74) is 2.09. The Balaban J connectivity index is 0.000000204. The molecule has 0 amide bonds. The fourth-order valence-electron chi connectivity index (χ4n) is 2.93. The van der Waals surface area contributed by atoms with E-state index in [-0.39, 0.29) is 43.5 Å². The Kier molecular flexibility index (Phi) is 8.43. The summed E-state index contributed by atoms with van der Waals surface area (Å²) in [6, 6.07) is 25.5. The molecule has 0 aliphatic rings. The molecule has 0 saturated heterocycles. The molecule has 170 valence electrons. The van der Waals surface area contributed by atoms with Crippen LogP contribution in [0.2, 0.25) is 0 Å². The molecule has 0 radical (unpaired) electrons. The number of hydrogen-bond donors (Lipinski definition) is 0. The van der Waals surface area contributed by atoms with E-state index in [1.165, 1.54) is 25.7 Å². The van der Waals surface area contributed by atoms with E-state index in [0.29, 0.717) is 5.56 Å². The van der Waals surface area contributed by atoms with E-state index in [4.69, 9.17) is 6.85 Å². The van der Waals surface area contributed by atoms with E-state index in [2.05, 4.69) is 61.0 Å². The fraction of sp³-hybridized carbons (Fsp3) is 0.0667. The maximum atomic E-state index is 9.40. The van der Waals surface area contributed by atoms with E-state index in [0.717, 1.165) is 12.4 Å². The van der Waals surface area contributed by atoms with Gasteiger partial charge in [-0.1, -0.05) is 47.7 Å². The summed E-state index contributed by atoms with van der Waals surface area (Å²) in [7, 11) is 0. The molecule has 5 aromatic rings. The third-order valence-electron chi connectivity index (χ3n) is 4.46. The van der Waals surface area contributed by atoms with Crippen molar-refractivity contribution in [3.63, 3.8) is 0 Å². The molecule has 0 fully saturated rings. The van der Waals surface area contributed by atoms with Crippen LogP contribution in [0.5, 0.6) is 0 Å². The number of benzene rings is 3. The van der Waals surface area contributed by atoms with Crippen LogP contribution in [0.25, 0.3) is 25.6 Å². The Morgan fingerprint density at radius 1 is 1.18 bits per heavy atom. The van der Waals surface area contributed by atoms with Gasteiger partial charge in [-0.3, -0.25) is 4.98 Å². The number of allylic oxidation sites excluding steroid dienone is 3. The van der Waals surface area contributed by atoms with E-state index in [1.807, 2.05) is 29.5 Å². The Bertz CT molecular complexity index is 1580. The average molecular weight is 643 g/mol. The maximum Gasteiger partial charge on any atom is 3.00 e. The number of fused-ring (bicyclic) bond motifs is 3. The Labute approximate surface area is 226 Å². The van der Waals surface area contributed by atoms with Crippen LogP contribution in [0.1, 0.15) is 23.5 Å². The third-order valence-corrected chi connectivity index (χ3v) is 5.77. The molecule has 4 heteroatoms. The van der Waals surface area contributed by atoms with Crippen molar-refractivity contribution in [3.8, 4) is 0 Å². The molecule has 0 N–H and O–H groups in total. The van der Waals surface area contributed by atoms with E-state index >= 15 is 0 Å². The van der Waals surface area contributed by atoms with Crippen molar-refractivity contribution in [1.82, 2.24) is 4.98 Å². The SMILES string of the molecule is C=C/C=C\C(=[N-])c1[c-]cccc1.Cc1cccc2c1sc1c[c-]ccc12.[2H]c1cncc(C([2H])([2H])[2H])c1[2H].[Ir+3]. The quantitative estimate of drug-likeness (QED) is 0.111. The van der Waals surface area contributed by atoms with Crippen LogP contribution >= 0.6 is 11.3 Å². The van der Waals surface area contributed by atoms with Gasteiger partial charge in [-0.15, -0.1) is 41.8 Å². The van der Waals surface area contributed by atoms with Crippen LogP contribution in [-0.2, 0) is 20.1 Å². The molecular formula is C30H25IrN2S.